The van der Waals surface area contributed by atoms with Crippen LogP contribution < -0.4 is 16.4 Å². The molecule has 0 radical (unpaired) electrons. The van der Waals surface area contributed by atoms with Gasteiger partial charge in [-0.25, -0.2) is 0 Å². The highest BCUT2D eigenvalue weighted by Crippen LogP contribution is 2.16. The molecule has 0 fully saturated rings. The number of guanidine groups is 1. The van der Waals surface area contributed by atoms with Crippen molar-refractivity contribution in [1.82, 2.24) is 5.32 Å². The Kier molecular flexibility index (Phi) is 6.59. The Bertz CT molecular complexity index is 675. The normalized spacial score (nSPS) is 13.5. The van der Waals surface area contributed by atoms with E-state index >= 15 is 0 Å². The maximum Gasteiger partial charge on any atom is 0.193 e. The molecule has 1 unspecified atom stereocenters. The summed E-state index contributed by atoms with van der Waals surface area (Å²) >= 11 is 0. The molecule has 0 aliphatic carbocycles. The van der Waals surface area contributed by atoms with Gasteiger partial charge >= 0.3 is 0 Å². The van der Waals surface area contributed by atoms with Crippen molar-refractivity contribution in [3.63, 3.8) is 0 Å². The van der Waals surface area contributed by atoms with Gasteiger partial charge in [-0.1, -0.05) is 49.4 Å². The zero-order chi connectivity index (χ0) is 18.3. The van der Waals surface area contributed by atoms with Crippen LogP contribution in [0.15, 0.2) is 59.6 Å². The van der Waals surface area contributed by atoms with Gasteiger partial charge in [-0.2, -0.15) is 0 Å². The number of aryl methyl sites for hydroxylation is 1. The van der Waals surface area contributed by atoms with E-state index in [9.17, 15) is 0 Å². The average molecular weight is 338 g/mol. The molecule has 1 atom stereocenters. The number of hydrogen-bond acceptors (Lipinski definition) is 2. The van der Waals surface area contributed by atoms with Gasteiger partial charge in [-0.15, -0.1) is 0 Å². The van der Waals surface area contributed by atoms with Crippen molar-refractivity contribution < 1.29 is 0 Å². The van der Waals surface area contributed by atoms with Gasteiger partial charge in [0.1, 0.15) is 0 Å². The summed E-state index contributed by atoms with van der Waals surface area (Å²) < 4.78 is 0. The fraction of sp³-hybridized carbons (Fsp3) is 0.381. The second-order valence-electron chi connectivity index (χ2n) is 7.04. The molecule has 4 nitrogen and oxygen atoms in total. The number of aliphatic imine (C=N–C) groups is 1. The van der Waals surface area contributed by atoms with Gasteiger partial charge in [0.05, 0.1) is 6.54 Å². The predicted molar refractivity (Wildman–Crippen MR) is 108 cm³/mol. The summed E-state index contributed by atoms with van der Waals surface area (Å²) in [6.45, 7) is 9.18. The molecule has 0 heterocycles. The Morgan fingerprint density at radius 3 is 2.32 bits per heavy atom. The number of nitrogens with zero attached hydrogens (tertiary/aromatic N) is 1. The molecule has 134 valence electrons. The summed E-state index contributed by atoms with van der Waals surface area (Å²) in [7, 11) is 0. The van der Waals surface area contributed by atoms with Gasteiger partial charge in [0.25, 0.3) is 0 Å². The van der Waals surface area contributed by atoms with Crippen LogP contribution in [0.25, 0.3) is 0 Å². The maximum atomic E-state index is 6.04. The lowest BCUT2D eigenvalue weighted by atomic mass is 10.0. The van der Waals surface area contributed by atoms with Crippen LogP contribution in [0.5, 0.6) is 0 Å². The SMILES string of the molecule is CCc1ccc(NC(N)=NCC(C)(C)NC(C)c2ccccc2)cc1. The zero-order valence-electron chi connectivity index (χ0n) is 15.7. The van der Waals surface area contributed by atoms with Crippen molar-refractivity contribution in [2.45, 2.75) is 45.7 Å². The third kappa shape index (κ3) is 6.24. The Hall–Kier alpha value is -2.33. The molecule has 0 bridgehead atoms. The van der Waals surface area contributed by atoms with E-state index in [4.69, 9.17) is 5.73 Å². The van der Waals surface area contributed by atoms with Crippen LogP contribution in [0.2, 0.25) is 0 Å². The van der Waals surface area contributed by atoms with Crippen molar-refractivity contribution in [1.29, 1.82) is 0 Å². The monoisotopic (exact) mass is 338 g/mol. The first-order valence-corrected chi connectivity index (χ1v) is 8.88. The fourth-order valence-electron chi connectivity index (χ4n) is 2.75. The Morgan fingerprint density at radius 2 is 1.72 bits per heavy atom. The van der Waals surface area contributed by atoms with Crippen LogP contribution in [0.1, 0.15) is 44.9 Å². The second kappa shape index (κ2) is 8.67. The summed E-state index contributed by atoms with van der Waals surface area (Å²) in [6.07, 6.45) is 1.03. The average Bonchev–Trinajstić information content (AvgIpc) is 2.61. The topological polar surface area (TPSA) is 62.4 Å². The molecule has 2 aromatic carbocycles. The lowest BCUT2D eigenvalue weighted by Crippen LogP contribution is -2.44. The molecule has 0 spiro atoms. The maximum absolute atomic E-state index is 6.04. The Labute approximate surface area is 151 Å². The third-order valence-electron chi connectivity index (χ3n) is 4.19. The van der Waals surface area contributed by atoms with Crippen LogP contribution in [-0.2, 0) is 6.42 Å². The second-order valence-corrected chi connectivity index (χ2v) is 7.04. The van der Waals surface area contributed by atoms with E-state index in [0.29, 0.717) is 12.5 Å². The molecule has 0 amide bonds. The lowest BCUT2D eigenvalue weighted by molar-refractivity contribution is 0.357. The van der Waals surface area contributed by atoms with Gasteiger partial charge < -0.3 is 16.4 Å². The zero-order valence-corrected chi connectivity index (χ0v) is 15.7. The molecular formula is C21H30N4. The molecule has 25 heavy (non-hydrogen) atoms. The van der Waals surface area contributed by atoms with E-state index in [1.165, 1.54) is 11.1 Å². The number of nitrogens with one attached hydrogen (secondary N) is 2. The highest BCUT2D eigenvalue weighted by atomic mass is 15.1. The number of rotatable bonds is 7. The van der Waals surface area contributed by atoms with Crippen LogP contribution in [0.3, 0.4) is 0 Å². The van der Waals surface area contributed by atoms with Crippen LogP contribution >= 0.6 is 0 Å². The lowest BCUT2D eigenvalue weighted by Gasteiger charge is -2.29. The molecule has 2 rings (SSSR count). The summed E-state index contributed by atoms with van der Waals surface area (Å²) in [4.78, 5) is 4.50. The summed E-state index contributed by atoms with van der Waals surface area (Å²) in [5, 5.41) is 6.77. The first-order chi connectivity index (χ1) is 11.9. The predicted octanol–water partition coefficient (Wildman–Crippen LogP) is 4.11. The van der Waals surface area contributed by atoms with Crippen molar-refractivity contribution in [2.24, 2.45) is 10.7 Å². The summed E-state index contributed by atoms with van der Waals surface area (Å²) in [5.74, 6) is 0.437. The van der Waals surface area contributed by atoms with E-state index in [1.807, 2.05) is 18.2 Å². The number of anilines is 1. The van der Waals surface area contributed by atoms with E-state index in [2.05, 4.69) is 79.7 Å². The number of benzene rings is 2. The van der Waals surface area contributed by atoms with Gasteiger partial charge in [0, 0.05) is 17.3 Å². The molecule has 2 aromatic rings. The first kappa shape index (κ1) is 19.0. The first-order valence-electron chi connectivity index (χ1n) is 8.88. The van der Waals surface area contributed by atoms with Crippen LogP contribution in [-0.4, -0.2) is 18.0 Å². The van der Waals surface area contributed by atoms with Crippen molar-refractivity contribution in [3.05, 3.63) is 65.7 Å². The highest BCUT2D eigenvalue weighted by Gasteiger charge is 2.20. The molecular weight excluding hydrogens is 308 g/mol. The highest BCUT2D eigenvalue weighted by molar-refractivity contribution is 5.92. The van der Waals surface area contributed by atoms with E-state index in [1.54, 1.807) is 0 Å². The fourth-order valence-corrected chi connectivity index (χ4v) is 2.75. The molecule has 0 aromatic heterocycles. The largest absolute Gasteiger partial charge is 0.370 e. The Morgan fingerprint density at radius 1 is 1.08 bits per heavy atom. The van der Waals surface area contributed by atoms with Gasteiger partial charge in [0.2, 0.25) is 0 Å². The van der Waals surface area contributed by atoms with Crippen molar-refractivity contribution in [3.8, 4) is 0 Å². The molecule has 0 aliphatic heterocycles. The quantitative estimate of drug-likeness (QED) is 0.526. The van der Waals surface area contributed by atoms with Gasteiger partial charge in [0.15, 0.2) is 5.96 Å². The molecule has 4 N–H and O–H groups in total. The summed E-state index contributed by atoms with van der Waals surface area (Å²) in [5.41, 5.74) is 9.41. The third-order valence-corrected chi connectivity index (χ3v) is 4.19. The molecule has 0 saturated heterocycles. The van der Waals surface area contributed by atoms with E-state index < -0.39 is 0 Å². The van der Waals surface area contributed by atoms with E-state index in [0.717, 1.165) is 12.1 Å². The number of nitrogens with two attached hydrogens (primary N) is 1. The Balaban J connectivity index is 1.91. The van der Waals surface area contributed by atoms with E-state index in [-0.39, 0.29) is 11.6 Å². The van der Waals surface area contributed by atoms with Crippen molar-refractivity contribution >= 4 is 11.6 Å². The molecule has 4 heteroatoms. The van der Waals surface area contributed by atoms with Gasteiger partial charge in [-0.05, 0) is 50.5 Å². The van der Waals surface area contributed by atoms with Crippen molar-refractivity contribution in [2.75, 3.05) is 11.9 Å². The molecule has 0 aliphatic rings. The minimum Gasteiger partial charge on any atom is -0.370 e. The van der Waals surface area contributed by atoms with Crippen LogP contribution in [0, 0.1) is 0 Å². The minimum absolute atomic E-state index is 0.159. The summed E-state index contributed by atoms with van der Waals surface area (Å²) in [6, 6.07) is 18.9. The smallest absolute Gasteiger partial charge is 0.193 e. The van der Waals surface area contributed by atoms with Crippen LogP contribution in [0.4, 0.5) is 5.69 Å². The molecule has 0 saturated carbocycles. The minimum atomic E-state index is -0.159. The number of hydrogen-bond donors (Lipinski definition) is 3. The van der Waals surface area contributed by atoms with Gasteiger partial charge in [-0.3, -0.25) is 4.99 Å². The standard InChI is InChI=1S/C21H30N4/c1-5-17-11-13-19(14-12-17)24-20(22)23-15-21(3,4)25-16(2)18-9-7-6-8-10-18/h6-14,16,25H,5,15H2,1-4H3,(H3,22,23,24).